The second-order valence-corrected chi connectivity index (χ2v) is 6.32. The highest BCUT2D eigenvalue weighted by molar-refractivity contribution is 8.13. The Labute approximate surface area is 129 Å². The van der Waals surface area contributed by atoms with Gasteiger partial charge in [0.15, 0.2) is 5.17 Å². The quantitative estimate of drug-likeness (QED) is 0.678. The fraction of sp³-hybridized carbons (Fsp3) is 0.500. The monoisotopic (exact) mass is 308 g/mol. The zero-order valence-corrected chi connectivity index (χ0v) is 13.5. The van der Waals surface area contributed by atoms with Gasteiger partial charge in [0, 0.05) is 6.92 Å². The third-order valence-corrected chi connectivity index (χ3v) is 4.18. The molecule has 1 amide bonds. The third kappa shape index (κ3) is 4.84. The predicted octanol–water partition coefficient (Wildman–Crippen LogP) is 3.83. The lowest BCUT2D eigenvalue weighted by Crippen LogP contribution is -2.26. The number of amidine groups is 1. The first-order valence-corrected chi connectivity index (χ1v) is 8.37. The van der Waals surface area contributed by atoms with Crippen molar-refractivity contribution in [2.45, 2.75) is 39.2 Å². The van der Waals surface area contributed by atoms with Gasteiger partial charge in [0.1, 0.15) is 5.82 Å². The number of rotatable bonds is 4. The van der Waals surface area contributed by atoms with E-state index in [0.717, 1.165) is 12.0 Å². The molecule has 1 aliphatic carbocycles. The molecule has 0 radical (unpaired) electrons. The van der Waals surface area contributed by atoms with E-state index in [1.807, 2.05) is 12.3 Å². The molecule has 1 aliphatic rings. The molecule has 1 aromatic rings. The minimum atomic E-state index is -0.200. The summed E-state index contributed by atoms with van der Waals surface area (Å²) in [6.45, 7) is 3.22. The molecule has 1 unspecified atom stereocenters. The summed E-state index contributed by atoms with van der Waals surface area (Å²) in [6.07, 6.45) is 5.22. The Balaban J connectivity index is 2.25. The summed E-state index contributed by atoms with van der Waals surface area (Å²) >= 11 is 1.40. The number of hydrogen-bond acceptors (Lipinski definition) is 3. The van der Waals surface area contributed by atoms with Crippen LogP contribution in [0.3, 0.4) is 0 Å². The second-order valence-electron chi connectivity index (χ2n) is 5.52. The van der Waals surface area contributed by atoms with Gasteiger partial charge in [-0.3, -0.25) is 9.79 Å². The Morgan fingerprint density at radius 1 is 1.52 bits per heavy atom. The first-order valence-electron chi connectivity index (χ1n) is 7.15. The van der Waals surface area contributed by atoms with E-state index in [9.17, 15) is 9.18 Å². The molecule has 0 spiro atoms. The minimum Gasteiger partial charge on any atom is -0.306 e. The van der Waals surface area contributed by atoms with Gasteiger partial charge >= 0.3 is 0 Å². The summed E-state index contributed by atoms with van der Waals surface area (Å²) in [5, 5.41) is 3.32. The topological polar surface area (TPSA) is 41.5 Å². The predicted molar refractivity (Wildman–Crippen MR) is 86.0 cm³/mol. The maximum absolute atomic E-state index is 13.8. The van der Waals surface area contributed by atoms with Crippen molar-refractivity contribution in [1.29, 1.82) is 0 Å². The van der Waals surface area contributed by atoms with Crippen LogP contribution in [0.2, 0.25) is 0 Å². The van der Waals surface area contributed by atoms with Gasteiger partial charge in [-0.05, 0) is 42.7 Å². The molecular formula is C16H21FN2OS. The van der Waals surface area contributed by atoms with Crippen LogP contribution < -0.4 is 5.32 Å². The van der Waals surface area contributed by atoms with Gasteiger partial charge < -0.3 is 5.32 Å². The Bertz CT molecular complexity index is 555. The van der Waals surface area contributed by atoms with Gasteiger partial charge in [-0.25, -0.2) is 4.39 Å². The summed E-state index contributed by atoms with van der Waals surface area (Å²) in [5.41, 5.74) is 1.52. The van der Waals surface area contributed by atoms with Crippen molar-refractivity contribution in [2.24, 2.45) is 10.9 Å². The molecule has 2 rings (SSSR count). The maximum atomic E-state index is 13.8. The average Bonchev–Trinajstić information content (AvgIpc) is 3.23. The SMILES string of the molecule is CS/C(=N\C(CC1CC1)c1ccc(C)c(F)c1)NC(C)=O. The molecule has 0 saturated heterocycles. The van der Waals surface area contributed by atoms with Crippen molar-refractivity contribution in [1.82, 2.24) is 5.32 Å². The fourth-order valence-electron chi connectivity index (χ4n) is 2.18. The average molecular weight is 308 g/mol. The van der Waals surface area contributed by atoms with Gasteiger partial charge in [-0.1, -0.05) is 36.7 Å². The molecule has 21 heavy (non-hydrogen) atoms. The Morgan fingerprint density at radius 3 is 2.76 bits per heavy atom. The van der Waals surface area contributed by atoms with E-state index in [2.05, 4.69) is 10.3 Å². The minimum absolute atomic E-state index is 0.0955. The lowest BCUT2D eigenvalue weighted by molar-refractivity contribution is -0.117. The Hall–Kier alpha value is -1.36. The van der Waals surface area contributed by atoms with Crippen LogP contribution in [0.5, 0.6) is 0 Å². The first-order chi connectivity index (χ1) is 9.99. The molecule has 0 heterocycles. The number of thioether (sulfide) groups is 1. The molecular weight excluding hydrogens is 287 g/mol. The summed E-state index contributed by atoms with van der Waals surface area (Å²) in [7, 11) is 0. The number of carbonyl (C=O) groups is 1. The number of benzene rings is 1. The molecule has 3 nitrogen and oxygen atoms in total. The number of aryl methyl sites for hydroxylation is 1. The fourth-order valence-corrected chi connectivity index (χ4v) is 2.66. The van der Waals surface area contributed by atoms with Crippen molar-refractivity contribution in [3.8, 4) is 0 Å². The van der Waals surface area contributed by atoms with Gasteiger partial charge in [-0.2, -0.15) is 0 Å². The lowest BCUT2D eigenvalue weighted by atomic mass is 10.0. The van der Waals surface area contributed by atoms with E-state index >= 15 is 0 Å². The number of aliphatic imine (C=N–C) groups is 1. The molecule has 1 N–H and O–H groups in total. The molecule has 1 fully saturated rings. The van der Waals surface area contributed by atoms with Crippen molar-refractivity contribution >= 4 is 22.8 Å². The van der Waals surface area contributed by atoms with Gasteiger partial charge in [-0.15, -0.1) is 0 Å². The van der Waals surface area contributed by atoms with E-state index in [1.165, 1.54) is 31.5 Å². The molecule has 114 valence electrons. The first kappa shape index (κ1) is 16.0. The van der Waals surface area contributed by atoms with E-state index in [1.54, 1.807) is 19.1 Å². The summed E-state index contributed by atoms with van der Waals surface area (Å²) in [6, 6.07) is 5.19. The van der Waals surface area contributed by atoms with Crippen LogP contribution in [-0.2, 0) is 4.79 Å². The largest absolute Gasteiger partial charge is 0.306 e. The number of nitrogens with one attached hydrogen (secondary N) is 1. The second kappa shape index (κ2) is 7.07. The molecule has 1 saturated carbocycles. The zero-order chi connectivity index (χ0) is 15.4. The Kier molecular flexibility index (Phi) is 5.39. The molecule has 0 aromatic heterocycles. The standard InChI is InChI=1S/C16H21FN2OS/c1-10-4-7-13(9-14(10)17)15(8-12-5-6-12)19-16(21-3)18-11(2)20/h4,7,9,12,15H,5-6,8H2,1-3H3,(H,18,19,20). The third-order valence-electron chi connectivity index (χ3n) is 3.58. The highest BCUT2D eigenvalue weighted by atomic mass is 32.2. The number of hydrogen-bond donors (Lipinski definition) is 1. The number of amides is 1. The van der Waals surface area contributed by atoms with Gasteiger partial charge in [0.2, 0.25) is 5.91 Å². The van der Waals surface area contributed by atoms with Crippen LogP contribution in [-0.4, -0.2) is 17.3 Å². The van der Waals surface area contributed by atoms with Crippen LogP contribution >= 0.6 is 11.8 Å². The molecule has 5 heteroatoms. The molecule has 1 aromatic carbocycles. The Morgan fingerprint density at radius 2 is 2.24 bits per heavy atom. The summed E-state index contributed by atoms with van der Waals surface area (Å²) in [4.78, 5) is 15.8. The van der Waals surface area contributed by atoms with E-state index in [-0.39, 0.29) is 17.8 Å². The molecule has 0 bridgehead atoms. The van der Waals surface area contributed by atoms with Gasteiger partial charge in [0.25, 0.3) is 0 Å². The normalized spacial score (nSPS) is 16.7. The van der Waals surface area contributed by atoms with Crippen molar-refractivity contribution in [2.75, 3.05) is 6.26 Å². The van der Waals surface area contributed by atoms with Crippen molar-refractivity contribution in [3.05, 3.63) is 35.1 Å². The van der Waals surface area contributed by atoms with Crippen molar-refractivity contribution < 1.29 is 9.18 Å². The maximum Gasteiger partial charge on any atom is 0.222 e. The highest BCUT2D eigenvalue weighted by Gasteiger charge is 2.27. The van der Waals surface area contributed by atoms with E-state index in [0.29, 0.717) is 16.6 Å². The highest BCUT2D eigenvalue weighted by Crippen LogP contribution is 2.39. The van der Waals surface area contributed by atoms with E-state index in [4.69, 9.17) is 0 Å². The smallest absolute Gasteiger partial charge is 0.222 e. The number of nitrogens with zero attached hydrogens (tertiary/aromatic N) is 1. The van der Waals surface area contributed by atoms with Crippen molar-refractivity contribution in [3.63, 3.8) is 0 Å². The van der Waals surface area contributed by atoms with E-state index < -0.39 is 0 Å². The summed E-state index contributed by atoms with van der Waals surface area (Å²) < 4.78 is 13.8. The zero-order valence-electron chi connectivity index (χ0n) is 12.6. The van der Waals surface area contributed by atoms with Crippen LogP contribution in [0.4, 0.5) is 4.39 Å². The molecule has 1 atom stereocenters. The van der Waals surface area contributed by atoms with Crippen LogP contribution in [0.1, 0.15) is 43.4 Å². The number of carbonyl (C=O) groups excluding carboxylic acids is 1. The van der Waals surface area contributed by atoms with Crippen LogP contribution in [0.15, 0.2) is 23.2 Å². The van der Waals surface area contributed by atoms with Gasteiger partial charge in [0.05, 0.1) is 6.04 Å². The van der Waals surface area contributed by atoms with Crippen LogP contribution in [0.25, 0.3) is 0 Å². The lowest BCUT2D eigenvalue weighted by Gasteiger charge is -2.15. The molecule has 0 aliphatic heterocycles. The number of halogens is 1. The van der Waals surface area contributed by atoms with Crippen LogP contribution in [0, 0.1) is 18.7 Å². The summed E-state index contributed by atoms with van der Waals surface area (Å²) in [5.74, 6) is 0.334.